The van der Waals surface area contributed by atoms with Crippen LogP contribution in [0.4, 0.5) is 0 Å². The molecule has 1 unspecified atom stereocenters. The van der Waals surface area contributed by atoms with Gasteiger partial charge < -0.3 is 10.1 Å². The van der Waals surface area contributed by atoms with Crippen molar-refractivity contribution < 1.29 is 19.1 Å². The second-order valence-electron chi connectivity index (χ2n) is 6.62. The Kier molecular flexibility index (Phi) is 7.04. The molecule has 0 spiro atoms. The molecule has 0 aromatic heterocycles. The lowest BCUT2D eigenvalue weighted by Crippen LogP contribution is -2.37. The van der Waals surface area contributed by atoms with E-state index in [4.69, 9.17) is 4.74 Å². The summed E-state index contributed by atoms with van der Waals surface area (Å²) in [4.78, 5) is 36.3. The molecule has 5 heteroatoms. The van der Waals surface area contributed by atoms with Gasteiger partial charge in [0.05, 0.1) is 12.5 Å². The van der Waals surface area contributed by atoms with E-state index in [1.165, 1.54) is 0 Å². The molecular weight excluding hydrogens is 282 g/mol. The molecule has 0 bridgehead atoms. The molecule has 1 amide bonds. The van der Waals surface area contributed by atoms with E-state index in [9.17, 15) is 14.4 Å². The molecule has 0 saturated heterocycles. The van der Waals surface area contributed by atoms with Gasteiger partial charge in [-0.15, -0.1) is 0 Å². The second kappa shape index (κ2) is 8.30. The van der Waals surface area contributed by atoms with Gasteiger partial charge in [-0.3, -0.25) is 14.4 Å². The number of Topliss-reactive ketones (excluding diaryl/α,β-unsaturated/α-hetero) is 1. The maximum atomic E-state index is 12.2. The van der Waals surface area contributed by atoms with Crippen molar-refractivity contribution in [3.8, 4) is 0 Å². The Labute approximate surface area is 133 Å². The maximum Gasteiger partial charge on any atom is 0.309 e. The molecule has 0 aliphatic heterocycles. The van der Waals surface area contributed by atoms with Gasteiger partial charge in [0.15, 0.2) is 0 Å². The SMILES string of the molecule is CCOC(=O)C(CC(=O)NC(C)C)CC1(C(C)=O)CCCC1. The van der Waals surface area contributed by atoms with Gasteiger partial charge in [0.25, 0.3) is 0 Å². The molecule has 1 saturated carbocycles. The molecule has 126 valence electrons. The van der Waals surface area contributed by atoms with Crippen LogP contribution in [0, 0.1) is 11.3 Å². The lowest BCUT2D eigenvalue weighted by atomic mass is 9.74. The zero-order chi connectivity index (χ0) is 16.8. The number of ether oxygens (including phenoxy) is 1. The summed E-state index contributed by atoms with van der Waals surface area (Å²) < 4.78 is 5.11. The third-order valence-electron chi connectivity index (χ3n) is 4.45. The van der Waals surface area contributed by atoms with Gasteiger partial charge in [-0.05, 0) is 47.0 Å². The summed E-state index contributed by atoms with van der Waals surface area (Å²) in [6, 6.07) is 0.0311. The van der Waals surface area contributed by atoms with Gasteiger partial charge in [0.1, 0.15) is 5.78 Å². The molecule has 0 aromatic carbocycles. The van der Waals surface area contributed by atoms with Gasteiger partial charge in [-0.25, -0.2) is 0 Å². The van der Waals surface area contributed by atoms with E-state index in [2.05, 4.69) is 5.32 Å². The first-order valence-electron chi connectivity index (χ1n) is 8.28. The minimum Gasteiger partial charge on any atom is -0.466 e. The first-order valence-corrected chi connectivity index (χ1v) is 8.28. The summed E-state index contributed by atoms with van der Waals surface area (Å²) in [7, 11) is 0. The van der Waals surface area contributed by atoms with Crippen LogP contribution in [0.2, 0.25) is 0 Å². The van der Waals surface area contributed by atoms with Gasteiger partial charge in [0.2, 0.25) is 5.91 Å². The number of hydrogen-bond donors (Lipinski definition) is 1. The van der Waals surface area contributed by atoms with Crippen LogP contribution in [-0.4, -0.2) is 30.3 Å². The van der Waals surface area contributed by atoms with Crippen LogP contribution in [0.3, 0.4) is 0 Å². The van der Waals surface area contributed by atoms with Crippen molar-refractivity contribution >= 4 is 17.7 Å². The van der Waals surface area contributed by atoms with Gasteiger partial charge in [0, 0.05) is 17.9 Å². The summed E-state index contributed by atoms with van der Waals surface area (Å²) >= 11 is 0. The molecule has 1 fully saturated rings. The number of carbonyl (C=O) groups excluding carboxylic acids is 3. The van der Waals surface area contributed by atoms with Crippen molar-refractivity contribution in [3.63, 3.8) is 0 Å². The number of nitrogens with one attached hydrogen (secondary N) is 1. The second-order valence-corrected chi connectivity index (χ2v) is 6.62. The Hall–Kier alpha value is -1.39. The van der Waals surface area contributed by atoms with Crippen LogP contribution in [0.25, 0.3) is 0 Å². The van der Waals surface area contributed by atoms with Crippen molar-refractivity contribution in [2.45, 2.75) is 72.3 Å². The monoisotopic (exact) mass is 311 g/mol. The summed E-state index contributed by atoms with van der Waals surface area (Å²) in [5.41, 5.74) is -0.449. The normalized spacial score (nSPS) is 18.0. The standard InChI is InChI=1S/C17H29NO4/c1-5-22-16(21)14(10-15(20)18-12(2)3)11-17(13(4)19)8-6-7-9-17/h12,14H,5-11H2,1-4H3,(H,18,20). The Balaban J connectivity index is 2.83. The van der Waals surface area contributed by atoms with Crippen LogP contribution in [0.1, 0.15) is 66.2 Å². The van der Waals surface area contributed by atoms with Crippen LogP contribution in [0.15, 0.2) is 0 Å². The number of carbonyl (C=O) groups is 3. The number of ketones is 1. The van der Waals surface area contributed by atoms with Crippen LogP contribution >= 0.6 is 0 Å². The van der Waals surface area contributed by atoms with E-state index in [1.807, 2.05) is 13.8 Å². The molecular formula is C17H29NO4. The fraction of sp³-hybridized carbons (Fsp3) is 0.824. The Morgan fingerprint density at radius 3 is 2.23 bits per heavy atom. The molecule has 0 heterocycles. The highest BCUT2D eigenvalue weighted by Gasteiger charge is 2.42. The summed E-state index contributed by atoms with van der Waals surface area (Å²) in [5.74, 6) is -0.942. The lowest BCUT2D eigenvalue weighted by molar-refractivity contribution is -0.152. The van der Waals surface area contributed by atoms with E-state index in [0.717, 1.165) is 25.7 Å². The predicted octanol–water partition coefficient (Wildman–Crippen LogP) is 2.62. The summed E-state index contributed by atoms with van der Waals surface area (Å²) in [6.45, 7) is 7.39. The molecule has 1 atom stereocenters. The fourth-order valence-electron chi connectivity index (χ4n) is 3.33. The van der Waals surface area contributed by atoms with Gasteiger partial charge in [-0.1, -0.05) is 12.8 Å². The van der Waals surface area contributed by atoms with Crippen molar-refractivity contribution in [1.82, 2.24) is 5.32 Å². The van der Waals surface area contributed by atoms with Gasteiger partial charge in [-0.2, -0.15) is 0 Å². The third kappa shape index (κ3) is 5.11. The highest BCUT2D eigenvalue weighted by atomic mass is 16.5. The van der Waals surface area contributed by atoms with Crippen molar-refractivity contribution in [2.75, 3.05) is 6.61 Å². The third-order valence-corrected chi connectivity index (χ3v) is 4.45. The average Bonchev–Trinajstić information content (AvgIpc) is 2.87. The van der Waals surface area contributed by atoms with E-state index < -0.39 is 11.3 Å². The first-order chi connectivity index (χ1) is 10.3. The van der Waals surface area contributed by atoms with E-state index in [-0.39, 0.29) is 36.7 Å². The van der Waals surface area contributed by atoms with Crippen molar-refractivity contribution in [1.29, 1.82) is 0 Å². The van der Waals surface area contributed by atoms with Crippen LogP contribution < -0.4 is 5.32 Å². The van der Waals surface area contributed by atoms with Crippen molar-refractivity contribution in [3.05, 3.63) is 0 Å². The summed E-state index contributed by atoms with van der Waals surface area (Å²) in [5, 5.41) is 2.81. The number of hydrogen-bond acceptors (Lipinski definition) is 4. The highest BCUT2D eigenvalue weighted by molar-refractivity contribution is 5.86. The average molecular weight is 311 g/mol. The number of rotatable bonds is 8. The van der Waals surface area contributed by atoms with Gasteiger partial charge >= 0.3 is 5.97 Å². The molecule has 0 radical (unpaired) electrons. The molecule has 1 aliphatic carbocycles. The topological polar surface area (TPSA) is 72.5 Å². The maximum absolute atomic E-state index is 12.2. The lowest BCUT2D eigenvalue weighted by Gasteiger charge is -2.29. The van der Waals surface area contributed by atoms with Crippen LogP contribution in [0.5, 0.6) is 0 Å². The van der Waals surface area contributed by atoms with Crippen LogP contribution in [-0.2, 0) is 19.1 Å². The molecule has 1 N–H and O–H groups in total. The first kappa shape index (κ1) is 18.7. The van der Waals surface area contributed by atoms with E-state index in [0.29, 0.717) is 6.42 Å². The number of amides is 1. The molecule has 1 rings (SSSR count). The molecule has 22 heavy (non-hydrogen) atoms. The largest absolute Gasteiger partial charge is 0.466 e. The Bertz CT molecular complexity index is 411. The Morgan fingerprint density at radius 2 is 1.77 bits per heavy atom. The predicted molar refractivity (Wildman–Crippen MR) is 84.2 cm³/mol. The summed E-state index contributed by atoms with van der Waals surface area (Å²) in [6.07, 6.45) is 4.15. The quantitative estimate of drug-likeness (QED) is 0.699. The smallest absolute Gasteiger partial charge is 0.309 e. The Morgan fingerprint density at radius 1 is 1.18 bits per heavy atom. The molecule has 1 aliphatic rings. The zero-order valence-electron chi connectivity index (χ0n) is 14.2. The molecule has 0 aromatic rings. The van der Waals surface area contributed by atoms with E-state index in [1.54, 1.807) is 13.8 Å². The number of esters is 1. The van der Waals surface area contributed by atoms with Crippen molar-refractivity contribution in [2.24, 2.45) is 11.3 Å². The minimum absolute atomic E-state index is 0.0311. The zero-order valence-corrected chi connectivity index (χ0v) is 14.2. The minimum atomic E-state index is -0.541. The fourth-order valence-corrected chi connectivity index (χ4v) is 3.33. The van der Waals surface area contributed by atoms with E-state index >= 15 is 0 Å². The highest BCUT2D eigenvalue weighted by Crippen LogP contribution is 2.44. The molecule has 5 nitrogen and oxygen atoms in total.